The summed E-state index contributed by atoms with van der Waals surface area (Å²) in [4.78, 5) is 0. The van der Waals surface area contributed by atoms with Crippen LogP contribution in [0.15, 0.2) is 0 Å². The molecule has 8 rings (SSSR count). The Morgan fingerprint density at radius 1 is 0.739 bits per heavy atom. The van der Waals surface area contributed by atoms with Crippen molar-refractivity contribution in [1.29, 1.82) is 0 Å². The van der Waals surface area contributed by atoms with Gasteiger partial charge >= 0.3 is 0 Å². The molecule has 0 heterocycles. The van der Waals surface area contributed by atoms with Gasteiger partial charge in [0.15, 0.2) is 0 Å². The highest BCUT2D eigenvalue weighted by Gasteiger charge is 2.89. The lowest BCUT2D eigenvalue weighted by molar-refractivity contribution is 0.265. The smallest absolute Gasteiger partial charge is 0.0262 e. The van der Waals surface area contributed by atoms with Crippen molar-refractivity contribution in [1.82, 2.24) is 0 Å². The Morgan fingerprint density at radius 3 is 2.52 bits per heavy atom. The Morgan fingerprint density at radius 2 is 1.61 bits per heavy atom. The molecule has 12 atom stereocenters. The number of hydrogen-bond acceptors (Lipinski definition) is 3. The van der Waals surface area contributed by atoms with Gasteiger partial charge in [0.05, 0.1) is 0 Å². The summed E-state index contributed by atoms with van der Waals surface area (Å²) in [5.41, 5.74) is 0.789. The minimum Gasteiger partial charge on any atom is -0.176 e. The molecule has 0 saturated heterocycles. The summed E-state index contributed by atoms with van der Waals surface area (Å²) in [5, 5.41) is 2.49. The maximum atomic E-state index is 4.91. The van der Waals surface area contributed by atoms with E-state index in [-0.39, 0.29) is 0 Å². The lowest BCUT2D eigenvalue weighted by Gasteiger charge is -2.34. The molecule has 0 amide bonds. The van der Waals surface area contributed by atoms with E-state index >= 15 is 0 Å². The molecule has 6 bridgehead atoms. The Hall–Kier alpha value is 1.05. The molecule has 0 nitrogen and oxygen atoms in total. The first-order valence-corrected chi connectivity index (χ1v) is 12.1. The van der Waals surface area contributed by atoms with Crippen molar-refractivity contribution >= 4 is 37.0 Å². The van der Waals surface area contributed by atoms with Crippen molar-refractivity contribution < 1.29 is 0 Å². The van der Waals surface area contributed by atoms with Crippen molar-refractivity contribution in [2.75, 3.05) is 0 Å². The third kappa shape index (κ3) is 1.41. The summed E-state index contributed by atoms with van der Waals surface area (Å²) < 4.78 is 0.753. The normalized spacial score (nSPS) is 72.8. The quantitative estimate of drug-likeness (QED) is 0.655. The molecule has 12 unspecified atom stereocenters. The second-order valence-electron chi connectivity index (χ2n) is 10.4. The van der Waals surface area contributed by atoms with E-state index in [1.165, 1.54) is 25.7 Å². The van der Waals surface area contributed by atoms with Crippen molar-refractivity contribution in [3.05, 3.63) is 0 Å². The summed E-state index contributed by atoms with van der Waals surface area (Å²) in [6.45, 7) is 0. The van der Waals surface area contributed by atoms with Crippen LogP contribution in [-0.4, -0.2) is 20.5 Å². The zero-order valence-corrected chi connectivity index (χ0v) is 16.3. The molecule has 0 aromatic heterocycles. The van der Waals surface area contributed by atoms with E-state index in [4.69, 9.17) is 25.3 Å². The molecule has 126 valence electrons. The largest absolute Gasteiger partial charge is 0.176 e. The van der Waals surface area contributed by atoms with Crippen LogP contribution in [0.5, 0.6) is 0 Å². The molecule has 8 aliphatic carbocycles. The maximum absolute atomic E-state index is 4.91. The topological polar surface area (TPSA) is 0 Å². The highest BCUT2D eigenvalue weighted by molar-refractivity contribution is 8.01. The van der Waals surface area contributed by atoms with Crippen LogP contribution in [0.25, 0.3) is 0 Å². The van der Waals surface area contributed by atoms with Gasteiger partial charge in [0.1, 0.15) is 0 Å². The van der Waals surface area contributed by atoms with Gasteiger partial charge in [-0.25, -0.2) is 0 Å². The number of rotatable bonds is 2. The minimum absolute atomic E-state index is 0.730. The van der Waals surface area contributed by atoms with Gasteiger partial charge in [-0.3, -0.25) is 0 Å². The van der Waals surface area contributed by atoms with E-state index in [0.717, 1.165) is 67.3 Å². The van der Waals surface area contributed by atoms with Crippen LogP contribution in [0.2, 0.25) is 0 Å². The predicted molar refractivity (Wildman–Crippen MR) is 103 cm³/mol. The standard InChI is InChI=1S/C20H28S3/c21-11-4-13-9-1-15(14(13)5-11)17(2-9)23-20-7-10-3-18(20)19(20)8-12(22)6-16(10)19/h9-18,21-22H,1-8H2. The Kier molecular flexibility index (Phi) is 2.54. The molecule has 0 aromatic rings. The zero-order valence-electron chi connectivity index (χ0n) is 13.7. The molecule has 3 heteroatoms. The fraction of sp³-hybridized carbons (Fsp3) is 1.00. The first-order valence-electron chi connectivity index (χ1n) is 10.2. The van der Waals surface area contributed by atoms with Crippen molar-refractivity contribution in [2.24, 2.45) is 46.8 Å². The summed E-state index contributed by atoms with van der Waals surface area (Å²) in [7, 11) is 0. The fourth-order valence-corrected chi connectivity index (χ4v) is 13.5. The highest BCUT2D eigenvalue weighted by Crippen LogP contribution is 2.93. The van der Waals surface area contributed by atoms with E-state index < -0.39 is 0 Å². The molecular formula is C20H28S3. The third-order valence-electron chi connectivity index (χ3n) is 10.1. The highest BCUT2D eigenvalue weighted by atomic mass is 32.2. The number of hydrogen-bond donors (Lipinski definition) is 2. The summed E-state index contributed by atoms with van der Waals surface area (Å²) >= 11 is 12.3. The van der Waals surface area contributed by atoms with Gasteiger partial charge in [0.25, 0.3) is 0 Å². The Balaban J connectivity index is 1.17. The van der Waals surface area contributed by atoms with E-state index in [0.29, 0.717) is 0 Å². The predicted octanol–water partition coefficient (Wildman–Crippen LogP) is 4.94. The summed E-state index contributed by atoms with van der Waals surface area (Å²) in [6, 6.07) is 0. The second-order valence-corrected chi connectivity index (χ2v) is 13.4. The molecule has 23 heavy (non-hydrogen) atoms. The van der Waals surface area contributed by atoms with Crippen LogP contribution in [0.4, 0.5) is 0 Å². The number of thioether (sulfide) groups is 1. The van der Waals surface area contributed by atoms with Crippen molar-refractivity contribution in [3.8, 4) is 0 Å². The minimum atomic E-state index is 0.730. The molecular weight excluding hydrogens is 336 g/mol. The van der Waals surface area contributed by atoms with E-state index in [1.54, 1.807) is 25.7 Å². The van der Waals surface area contributed by atoms with Gasteiger partial charge in [-0.15, -0.1) is 0 Å². The third-order valence-corrected chi connectivity index (χ3v) is 13.0. The molecule has 0 N–H and O–H groups in total. The molecule has 1 spiro atoms. The number of thiol groups is 2. The first-order chi connectivity index (χ1) is 11.1. The van der Waals surface area contributed by atoms with Crippen LogP contribution in [0.3, 0.4) is 0 Å². The second kappa shape index (κ2) is 4.14. The van der Waals surface area contributed by atoms with E-state index in [2.05, 4.69) is 11.8 Å². The van der Waals surface area contributed by atoms with Gasteiger partial charge < -0.3 is 0 Å². The first kappa shape index (κ1) is 14.2. The Labute approximate surface area is 155 Å². The van der Waals surface area contributed by atoms with Gasteiger partial charge in [-0.05, 0) is 98.2 Å². The van der Waals surface area contributed by atoms with Crippen LogP contribution >= 0.6 is 37.0 Å². The molecule has 0 aromatic carbocycles. The molecule has 8 saturated carbocycles. The SMILES string of the molecule is SC1CC2C3CC(SC45CC6CC4C54CC(S)CC64)C(C3)C2C1. The molecule has 0 aliphatic heterocycles. The van der Waals surface area contributed by atoms with E-state index in [1.807, 2.05) is 0 Å². The zero-order chi connectivity index (χ0) is 15.1. The molecule has 8 aliphatic rings. The van der Waals surface area contributed by atoms with Crippen molar-refractivity contribution in [3.63, 3.8) is 0 Å². The van der Waals surface area contributed by atoms with Gasteiger partial charge in [-0.2, -0.15) is 37.0 Å². The number of fused-ring (bicyclic) bond motifs is 5. The Bertz CT molecular complexity index is 591. The summed E-state index contributed by atoms with van der Waals surface area (Å²) in [6.07, 6.45) is 12.2. The van der Waals surface area contributed by atoms with Gasteiger partial charge in [0.2, 0.25) is 0 Å². The van der Waals surface area contributed by atoms with Crippen LogP contribution in [0.1, 0.15) is 51.4 Å². The average Bonchev–Trinajstić information content (AvgIpc) is 3.15. The average molecular weight is 365 g/mol. The lowest BCUT2D eigenvalue weighted by Crippen LogP contribution is -2.29. The van der Waals surface area contributed by atoms with Crippen molar-refractivity contribution in [2.45, 2.75) is 71.9 Å². The van der Waals surface area contributed by atoms with Gasteiger partial charge in [0, 0.05) is 20.5 Å². The molecule has 8 fully saturated rings. The van der Waals surface area contributed by atoms with Gasteiger partial charge in [-0.1, -0.05) is 0 Å². The van der Waals surface area contributed by atoms with E-state index in [9.17, 15) is 0 Å². The lowest BCUT2D eigenvalue weighted by atomic mass is 9.81. The van der Waals surface area contributed by atoms with Crippen LogP contribution in [-0.2, 0) is 0 Å². The monoisotopic (exact) mass is 364 g/mol. The maximum Gasteiger partial charge on any atom is 0.0262 e. The molecule has 0 radical (unpaired) electrons. The van der Waals surface area contributed by atoms with Crippen LogP contribution in [0, 0.1) is 46.8 Å². The summed E-state index contributed by atoms with van der Waals surface area (Å²) in [5.74, 6) is 7.59. The van der Waals surface area contributed by atoms with Crippen LogP contribution < -0.4 is 0 Å². The fourth-order valence-electron chi connectivity index (χ4n) is 9.75.